The van der Waals surface area contributed by atoms with Gasteiger partial charge in [-0.3, -0.25) is 0 Å². The molecule has 0 atom stereocenters. The SMILES string of the molecule is c1ccc2c(c1)-c1ccccc1C21c2ccccc2-c2ccc(-c3ccc(-c4ccc5oc6cccc(-c7nc(-c8cccc9oc%10ccccc%10c89)nc(-c8cccc9sc%10ccccc%10c89)n7)c6c5c4)cc3)cc21. The number of aromatic nitrogens is 3. The first-order valence-corrected chi connectivity index (χ1v) is 26.5. The normalized spacial score (nSPS) is 13.1. The number of hydrogen-bond donors (Lipinski definition) is 0. The van der Waals surface area contributed by atoms with Gasteiger partial charge in [-0.15, -0.1) is 11.3 Å². The van der Waals surface area contributed by atoms with E-state index in [1.165, 1.54) is 70.4 Å². The highest BCUT2D eigenvalue weighted by Gasteiger charge is 2.51. The lowest BCUT2D eigenvalue weighted by atomic mass is 9.70. The Kier molecular flexibility index (Phi) is 8.58. The van der Waals surface area contributed by atoms with Crippen molar-refractivity contribution in [3.8, 4) is 78.7 Å². The lowest BCUT2D eigenvalue weighted by molar-refractivity contribution is 0.668. The van der Waals surface area contributed by atoms with Gasteiger partial charge >= 0.3 is 0 Å². The van der Waals surface area contributed by atoms with E-state index in [2.05, 4.69) is 194 Å². The number of rotatable bonds is 5. The second-order valence-electron chi connectivity index (χ2n) is 20.1. The van der Waals surface area contributed by atoms with Crippen LogP contribution in [0.1, 0.15) is 22.3 Å². The van der Waals surface area contributed by atoms with Gasteiger partial charge in [-0.1, -0.05) is 188 Å². The van der Waals surface area contributed by atoms with E-state index in [1.54, 1.807) is 11.3 Å². The van der Waals surface area contributed by atoms with Gasteiger partial charge in [-0.05, 0) is 115 Å². The molecule has 76 heavy (non-hydrogen) atoms. The van der Waals surface area contributed by atoms with Gasteiger partial charge in [0.2, 0.25) is 0 Å². The molecule has 0 bridgehead atoms. The molecule has 6 heteroatoms. The number of para-hydroxylation sites is 1. The van der Waals surface area contributed by atoms with Crippen LogP contribution in [0.3, 0.4) is 0 Å². The zero-order chi connectivity index (χ0) is 49.6. The molecule has 5 nitrogen and oxygen atoms in total. The molecular weight excluding hydrogens is 947 g/mol. The van der Waals surface area contributed by atoms with Gasteiger partial charge in [0.1, 0.15) is 22.3 Å². The zero-order valence-electron chi connectivity index (χ0n) is 40.6. The van der Waals surface area contributed by atoms with E-state index in [4.69, 9.17) is 23.8 Å². The number of furan rings is 2. The van der Waals surface area contributed by atoms with Crippen molar-refractivity contribution < 1.29 is 8.83 Å². The number of benzene rings is 11. The van der Waals surface area contributed by atoms with Crippen LogP contribution < -0.4 is 0 Å². The Morgan fingerprint density at radius 1 is 0.276 bits per heavy atom. The van der Waals surface area contributed by atoms with Crippen molar-refractivity contribution in [1.82, 2.24) is 15.0 Å². The second kappa shape index (κ2) is 15.6. The van der Waals surface area contributed by atoms with Crippen LogP contribution >= 0.6 is 11.3 Å². The summed E-state index contributed by atoms with van der Waals surface area (Å²) in [5.41, 5.74) is 20.6. The lowest BCUT2D eigenvalue weighted by Gasteiger charge is -2.30. The van der Waals surface area contributed by atoms with E-state index < -0.39 is 5.41 Å². The van der Waals surface area contributed by atoms with Crippen LogP contribution in [-0.4, -0.2) is 15.0 Å². The predicted octanol–water partition coefficient (Wildman–Crippen LogP) is 18.7. The maximum Gasteiger partial charge on any atom is 0.164 e. The average Bonchev–Trinajstić information content (AvgIpc) is 4.46. The van der Waals surface area contributed by atoms with Gasteiger partial charge in [-0.25, -0.2) is 15.0 Å². The van der Waals surface area contributed by atoms with Gasteiger partial charge in [0.15, 0.2) is 17.5 Å². The highest BCUT2D eigenvalue weighted by atomic mass is 32.1. The number of hydrogen-bond acceptors (Lipinski definition) is 6. The van der Waals surface area contributed by atoms with E-state index in [-0.39, 0.29) is 0 Å². The summed E-state index contributed by atoms with van der Waals surface area (Å²) >= 11 is 1.79. The Morgan fingerprint density at radius 3 is 1.33 bits per heavy atom. The molecule has 4 aromatic heterocycles. The van der Waals surface area contributed by atoms with Gasteiger partial charge < -0.3 is 8.83 Å². The van der Waals surface area contributed by atoms with Crippen molar-refractivity contribution in [2.75, 3.05) is 0 Å². The van der Waals surface area contributed by atoms with Crippen molar-refractivity contribution in [1.29, 1.82) is 0 Å². The van der Waals surface area contributed by atoms with Crippen LogP contribution in [-0.2, 0) is 5.41 Å². The van der Waals surface area contributed by atoms with Crippen LogP contribution in [0.15, 0.2) is 245 Å². The molecule has 0 fully saturated rings. The van der Waals surface area contributed by atoms with Gasteiger partial charge in [-0.2, -0.15) is 0 Å². The molecule has 0 radical (unpaired) electrons. The topological polar surface area (TPSA) is 65.0 Å². The Balaban J connectivity index is 0.805. The third-order valence-corrected chi connectivity index (χ3v) is 17.3. The molecule has 11 aromatic carbocycles. The fourth-order valence-electron chi connectivity index (χ4n) is 13.0. The minimum Gasteiger partial charge on any atom is -0.456 e. The Hall–Kier alpha value is -9.75. The Morgan fingerprint density at radius 2 is 0.697 bits per heavy atom. The molecule has 2 aliphatic rings. The summed E-state index contributed by atoms with van der Waals surface area (Å²) in [5.74, 6) is 1.74. The minimum atomic E-state index is -0.392. The molecule has 2 aliphatic carbocycles. The van der Waals surface area contributed by atoms with Crippen molar-refractivity contribution in [2.24, 2.45) is 0 Å². The molecule has 17 rings (SSSR count). The van der Waals surface area contributed by atoms with Crippen LogP contribution in [0, 0.1) is 0 Å². The van der Waals surface area contributed by atoms with Crippen molar-refractivity contribution in [2.45, 2.75) is 5.41 Å². The summed E-state index contributed by atoms with van der Waals surface area (Å²) in [7, 11) is 0. The quantitative estimate of drug-likeness (QED) is 0.172. The first-order valence-electron chi connectivity index (χ1n) is 25.7. The molecule has 352 valence electrons. The Labute approximate surface area is 439 Å². The highest BCUT2D eigenvalue weighted by molar-refractivity contribution is 7.25. The highest BCUT2D eigenvalue weighted by Crippen LogP contribution is 2.63. The number of nitrogens with zero attached hydrogens (tertiary/aromatic N) is 3. The first kappa shape index (κ1) is 41.7. The molecule has 0 aliphatic heterocycles. The van der Waals surface area contributed by atoms with Crippen molar-refractivity contribution in [3.05, 3.63) is 259 Å². The predicted molar refractivity (Wildman–Crippen MR) is 311 cm³/mol. The van der Waals surface area contributed by atoms with E-state index in [1.807, 2.05) is 42.5 Å². The second-order valence-corrected chi connectivity index (χ2v) is 21.2. The third kappa shape index (κ3) is 5.76. The van der Waals surface area contributed by atoms with Crippen molar-refractivity contribution in [3.63, 3.8) is 0 Å². The smallest absolute Gasteiger partial charge is 0.164 e. The average molecular weight is 986 g/mol. The number of fused-ring (bicyclic) bond motifs is 19. The van der Waals surface area contributed by atoms with Gasteiger partial charge in [0.05, 0.1) is 5.41 Å². The van der Waals surface area contributed by atoms with Crippen LogP contribution in [0.4, 0.5) is 0 Å². The molecule has 0 unspecified atom stereocenters. The fraction of sp³-hybridized carbons (Fsp3) is 0.0143. The van der Waals surface area contributed by atoms with E-state index in [0.717, 1.165) is 77.1 Å². The summed E-state index contributed by atoms with van der Waals surface area (Å²) < 4.78 is 15.5. The summed E-state index contributed by atoms with van der Waals surface area (Å²) in [4.78, 5) is 16.2. The van der Waals surface area contributed by atoms with E-state index >= 15 is 0 Å². The minimum absolute atomic E-state index is 0.392. The largest absolute Gasteiger partial charge is 0.456 e. The third-order valence-electron chi connectivity index (χ3n) is 16.2. The molecule has 1 spiro atoms. The van der Waals surface area contributed by atoms with E-state index in [0.29, 0.717) is 17.5 Å². The molecule has 0 saturated carbocycles. The molecule has 15 aromatic rings. The van der Waals surface area contributed by atoms with Crippen LogP contribution in [0.25, 0.3) is 143 Å². The zero-order valence-corrected chi connectivity index (χ0v) is 41.4. The van der Waals surface area contributed by atoms with Crippen molar-refractivity contribution >= 4 is 75.4 Å². The monoisotopic (exact) mass is 985 g/mol. The lowest BCUT2D eigenvalue weighted by Crippen LogP contribution is -2.25. The standard InChI is InChI=1S/C70H39N3O2S/c1-6-22-54-44(14-1)45-15-2-7-23-55(45)70(54)56-24-8-3-16-46(56)47-36-34-43(39-57(47)70)41-32-30-40(31-33-41)42-35-37-59-53(38-42)65-51(20-12-27-61(65)75-59)68-71-67(50-19-11-26-60-64(50)48-17-4-9-25-58(48)74-60)72-69(73-68)52-21-13-29-63-66(52)49-18-5-10-28-62(49)76-63/h1-39H. The summed E-state index contributed by atoms with van der Waals surface area (Å²) in [6.45, 7) is 0. The van der Waals surface area contributed by atoms with E-state index in [9.17, 15) is 0 Å². The molecule has 0 N–H and O–H groups in total. The maximum atomic E-state index is 6.66. The summed E-state index contributed by atoms with van der Waals surface area (Å²) in [6, 6.07) is 85.0. The number of thiophene rings is 1. The fourth-order valence-corrected chi connectivity index (χ4v) is 14.1. The molecule has 0 saturated heterocycles. The van der Waals surface area contributed by atoms with Crippen LogP contribution in [0.5, 0.6) is 0 Å². The molecule has 4 heterocycles. The molecule has 0 amide bonds. The van der Waals surface area contributed by atoms with Crippen LogP contribution in [0.2, 0.25) is 0 Å². The van der Waals surface area contributed by atoms with Gasteiger partial charge in [0, 0.05) is 58.4 Å². The Bertz CT molecular complexity index is 4770. The van der Waals surface area contributed by atoms with Gasteiger partial charge in [0.25, 0.3) is 0 Å². The summed E-state index contributed by atoms with van der Waals surface area (Å²) in [6.07, 6.45) is 0. The maximum absolute atomic E-state index is 6.66. The summed E-state index contributed by atoms with van der Waals surface area (Å²) in [5, 5.41) is 6.24. The molecular formula is C70H39N3O2S. The first-order chi connectivity index (χ1) is 37.7.